The summed E-state index contributed by atoms with van der Waals surface area (Å²) in [6.07, 6.45) is -0.0452. The van der Waals surface area contributed by atoms with Gasteiger partial charge in [-0.1, -0.05) is 12.1 Å². The molecule has 130 valence electrons. The van der Waals surface area contributed by atoms with Crippen molar-refractivity contribution < 1.29 is 23.1 Å². The van der Waals surface area contributed by atoms with Crippen LogP contribution in [0.3, 0.4) is 0 Å². The molecule has 0 aliphatic heterocycles. The number of carboxylic acid groups (broad SMARTS) is 1. The molecule has 0 aliphatic carbocycles. The summed E-state index contributed by atoms with van der Waals surface area (Å²) in [6.45, 7) is 0. The highest BCUT2D eigenvalue weighted by atomic mass is 32.2. The predicted octanol–water partition coefficient (Wildman–Crippen LogP) is 1.54. The van der Waals surface area contributed by atoms with Gasteiger partial charge in [0.05, 0.1) is 23.6 Å². The normalized spacial score (nSPS) is 12.2. The van der Waals surface area contributed by atoms with Gasteiger partial charge in [-0.25, -0.2) is 8.42 Å². The highest BCUT2D eigenvalue weighted by molar-refractivity contribution is 7.89. The van der Waals surface area contributed by atoms with Crippen LogP contribution in [0, 0.1) is 11.3 Å². The monoisotopic (exact) mass is 360 g/mol. The third-order valence-corrected chi connectivity index (χ3v) is 4.98. The number of benzene rings is 2. The van der Waals surface area contributed by atoms with Crippen LogP contribution in [0.5, 0.6) is 5.75 Å². The minimum Gasteiger partial charge on any atom is -0.497 e. The van der Waals surface area contributed by atoms with Crippen molar-refractivity contribution in [2.24, 2.45) is 0 Å². The van der Waals surface area contributed by atoms with Gasteiger partial charge in [0, 0.05) is 0 Å². The molecule has 1 atom stereocenters. The van der Waals surface area contributed by atoms with Gasteiger partial charge in [0.25, 0.3) is 0 Å². The molecule has 0 aromatic heterocycles. The van der Waals surface area contributed by atoms with Crippen molar-refractivity contribution in [1.82, 2.24) is 4.72 Å². The molecule has 0 radical (unpaired) electrons. The van der Waals surface area contributed by atoms with Gasteiger partial charge in [-0.2, -0.15) is 9.98 Å². The Hall–Kier alpha value is -2.89. The molecule has 2 aromatic rings. The standard InChI is InChI=1S/C17H16N2O5S/c1-24-14-6-8-15(9-7-14)25(22,23)19-16(17(20)21)10-12-2-4-13(11-18)5-3-12/h2-9,16,19H,10H2,1H3,(H,20,21). The molecule has 25 heavy (non-hydrogen) atoms. The fourth-order valence-corrected chi connectivity index (χ4v) is 3.33. The van der Waals surface area contributed by atoms with E-state index in [9.17, 15) is 18.3 Å². The minimum atomic E-state index is -4.00. The van der Waals surface area contributed by atoms with Crippen LogP contribution in [0.1, 0.15) is 11.1 Å². The van der Waals surface area contributed by atoms with Gasteiger partial charge in [0.15, 0.2) is 0 Å². The van der Waals surface area contributed by atoms with E-state index in [0.717, 1.165) is 0 Å². The van der Waals surface area contributed by atoms with E-state index in [1.807, 2.05) is 6.07 Å². The van der Waals surface area contributed by atoms with Crippen LogP contribution in [0.4, 0.5) is 0 Å². The Labute approximate surface area is 145 Å². The Bertz CT molecular complexity index is 884. The maximum atomic E-state index is 12.4. The summed E-state index contributed by atoms with van der Waals surface area (Å²) < 4.78 is 31.9. The van der Waals surface area contributed by atoms with Crippen molar-refractivity contribution in [2.75, 3.05) is 7.11 Å². The van der Waals surface area contributed by atoms with Crippen molar-refractivity contribution in [2.45, 2.75) is 17.4 Å². The summed E-state index contributed by atoms with van der Waals surface area (Å²) >= 11 is 0. The maximum Gasteiger partial charge on any atom is 0.322 e. The second kappa shape index (κ2) is 7.79. The lowest BCUT2D eigenvalue weighted by atomic mass is 10.1. The first kappa shape index (κ1) is 18.4. The molecule has 0 bridgehead atoms. The fraction of sp³-hybridized carbons (Fsp3) is 0.176. The smallest absolute Gasteiger partial charge is 0.322 e. The first-order valence-electron chi connectivity index (χ1n) is 7.24. The molecule has 2 aromatic carbocycles. The summed E-state index contributed by atoms with van der Waals surface area (Å²) in [5.74, 6) is -0.798. The van der Waals surface area contributed by atoms with Crippen LogP contribution in [0.15, 0.2) is 53.4 Å². The largest absolute Gasteiger partial charge is 0.497 e. The van der Waals surface area contributed by atoms with Crippen LogP contribution in [0.2, 0.25) is 0 Å². The Kier molecular flexibility index (Phi) is 5.75. The Morgan fingerprint density at radius 1 is 1.20 bits per heavy atom. The molecule has 0 heterocycles. The van der Waals surface area contributed by atoms with E-state index < -0.39 is 22.0 Å². The van der Waals surface area contributed by atoms with E-state index in [2.05, 4.69) is 4.72 Å². The summed E-state index contributed by atoms with van der Waals surface area (Å²) in [7, 11) is -2.54. The quantitative estimate of drug-likeness (QED) is 0.774. The number of carbonyl (C=O) groups is 1. The molecule has 0 aliphatic rings. The summed E-state index contributed by atoms with van der Waals surface area (Å²) in [5.41, 5.74) is 1.04. The van der Waals surface area contributed by atoms with E-state index >= 15 is 0 Å². The average molecular weight is 360 g/mol. The molecule has 2 rings (SSSR count). The number of carboxylic acids is 1. The van der Waals surface area contributed by atoms with E-state index in [4.69, 9.17) is 10.00 Å². The number of methoxy groups -OCH3 is 1. The van der Waals surface area contributed by atoms with E-state index in [1.165, 1.54) is 31.4 Å². The van der Waals surface area contributed by atoms with Gasteiger partial charge >= 0.3 is 5.97 Å². The van der Waals surface area contributed by atoms with Gasteiger partial charge in [-0.3, -0.25) is 4.79 Å². The number of rotatable bonds is 7. The lowest BCUT2D eigenvalue weighted by molar-refractivity contribution is -0.138. The van der Waals surface area contributed by atoms with Crippen molar-refractivity contribution >= 4 is 16.0 Å². The molecule has 7 nitrogen and oxygen atoms in total. The van der Waals surface area contributed by atoms with Crippen molar-refractivity contribution in [1.29, 1.82) is 5.26 Å². The lowest BCUT2D eigenvalue weighted by Gasteiger charge is -2.15. The predicted molar refractivity (Wildman–Crippen MR) is 89.6 cm³/mol. The zero-order valence-corrected chi connectivity index (χ0v) is 14.2. The number of sulfonamides is 1. The molecule has 0 amide bonds. The Balaban J connectivity index is 2.19. The molecule has 0 fully saturated rings. The molecule has 1 unspecified atom stereocenters. The van der Waals surface area contributed by atoms with E-state index in [0.29, 0.717) is 16.9 Å². The Morgan fingerprint density at radius 2 is 1.80 bits per heavy atom. The number of hydrogen-bond acceptors (Lipinski definition) is 5. The molecular weight excluding hydrogens is 344 g/mol. The van der Waals surface area contributed by atoms with Crippen molar-refractivity contribution in [3.63, 3.8) is 0 Å². The second-order valence-electron chi connectivity index (χ2n) is 5.20. The molecular formula is C17H16N2O5S. The van der Waals surface area contributed by atoms with Gasteiger partial charge in [0.1, 0.15) is 11.8 Å². The number of aliphatic carboxylic acids is 1. The zero-order valence-electron chi connectivity index (χ0n) is 13.3. The van der Waals surface area contributed by atoms with Crippen LogP contribution in [-0.4, -0.2) is 32.6 Å². The number of nitrogens with one attached hydrogen (secondary N) is 1. The van der Waals surface area contributed by atoms with Gasteiger partial charge in [-0.05, 0) is 48.4 Å². The number of nitriles is 1. The van der Waals surface area contributed by atoms with Crippen LogP contribution >= 0.6 is 0 Å². The van der Waals surface area contributed by atoms with Gasteiger partial charge < -0.3 is 9.84 Å². The molecule has 2 N–H and O–H groups in total. The average Bonchev–Trinajstić information content (AvgIpc) is 2.61. The number of hydrogen-bond donors (Lipinski definition) is 2. The third-order valence-electron chi connectivity index (χ3n) is 3.49. The highest BCUT2D eigenvalue weighted by Gasteiger charge is 2.25. The van der Waals surface area contributed by atoms with Crippen LogP contribution in [-0.2, 0) is 21.2 Å². The summed E-state index contributed by atoms with van der Waals surface area (Å²) in [6, 6.07) is 12.5. The van der Waals surface area contributed by atoms with E-state index in [1.54, 1.807) is 24.3 Å². The van der Waals surface area contributed by atoms with Crippen LogP contribution < -0.4 is 9.46 Å². The van der Waals surface area contributed by atoms with E-state index in [-0.39, 0.29) is 11.3 Å². The SMILES string of the molecule is COc1ccc(S(=O)(=O)NC(Cc2ccc(C#N)cc2)C(=O)O)cc1. The number of nitrogens with zero attached hydrogens (tertiary/aromatic N) is 1. The zero-order chi connectivity index (χ0) is 18.4. The van der Waals surface area contributed by atoms with Gasteiger partial charge in [0.2, 0.25) is 10.0 Å². The first-order valence-corrected chi connectivity index (χ1v) is 8.72. The highest BCUT2D eigenvalue weighted by Crippen LogP contribution is 2.16. The maximum absolute atomic E-state index is 12.4. The van der Waals surface area contributed by atoms with Crippen LogP contribution in [0.25, 0.3) is 0 Å². The molecule has 0 saturated heterocycles. The molecule has 8 heteroatoms. The van der Waals surface area contributed by atoms with Gasteiger partial charge in [-0.15, -0.1) is 0 Å². The third kappa shape index (κ3) is 4.79. The Morgan fingerprint density at radius 3 is 2.28 bits per heavy atom. The fourth-order valence-electron chi connectivity index (χ4n) is 2.14. The number of ether oxygens (including phenoxy) is 1. The minimum absolute atomic E-state index is 0.0452. The summed E-state index contributed by atoms with van der Waals surface area (Å²) in [5, 5.41) is 18.1. The molecule has 0 saturated carbocycles. The topological polar surface area (TPSA) is 116 Å². The molecule has 0 spiro atoms. The lowest BCUT2D eigenvalue weighted by Crippen LogP contribution is -2.42. The van der Waals surface area contributed by atoms with Crippen molar-refractivity contribution in [3.8, 4) is 11.8 Å². The van der Waals surface area contributed by atoms with Crippen molar-refractivity contribution in [3.05, 3.63) is 59.7 Å². The summed E-state index contributed by atoms with van der Waals surface area (Å²) in [4.78, 5) is 11.4. The first-order chi connectivity index (χ1) is 11.9. The second-order valence-corrected chi connectivity index (χ2v) is 6.91.